The second-order valence-corrected chi connectivity index (χ2v) is 9.01. The summed E-state index contributed by atoms with van der Waals surface area (Å²) in [6.07, 6.45) is 2.55. The number of ether oxygens (including phenoxy) is 2. The van der Waals surface area contributed by atoms with Crippen LogP contribution in [0.25, 0.3) is 5.76 Å². The van der Waals surface area contributed by atoms with Gasteiger partial charge in [-0.25, -0.2) is 0 Å². The summed E-state index contributed by atoms with van der Waals surface area (Å²) in [4.78, 5) is 30.4. The van der Waals surface area contributed by atoms with Crippen molar-refractivity contribution >= 4 is 17.4 Å². The molecule has 0 radical (unpaired) electrons. The Kier molecular flexibility index (Phi) is 9.92. The van der Waals surface area contributed by atoms with Gasteiger partial charge in [-0.2, -0.15) is 0 Å². The predicted octanol–water partition coefficient (Wildman–Crippen LogP) is 5.11. The molecule has 1 unspecified atom stereocenters. The predicted molar refractivity (Wildman–Crippen MR) is 146 cm³/mol. The summed E-state index contributed by atoms with van der Waals surface area (Å²) in [7, 11) is 0. The third-order valence-electron chi connectivity index (χ3n) is 6.58. The SMILES string of the molecule is C=CCOc1ccc(C2/C(=C(\O)c3ccc(OCCC)cc3C)C(=O)C(=O)N2CCN(CC)CC)cc1. The molecule has 2 aromatic rings. The third kappa shape index (κ3) is 6.41. The molecular weight excluding hydrogens is 468 g/mol. The maximum atomic E-state index is 13.3. The van der Waals surface area contributed by atoms with E-state index in [-0.39, 0.29) is 11.3 Å². The first kappa shape index (κ1) is 28.0. The molecule has 7 heteroatoms. The fourth-order valence-corrected chi connectivity index (χ4v) is 4.50. The zero-order chi connectivity index (χ0) is 26.9. The molecule has 1 amide bonds. The van der Waals surface area contributed by atoms with Gasteiger partial charge in [0.05, 0.1) is 18.2 Å². The molecule has 1 aliphatic heterocycles. The van der Waals surface area contributed by atoms with Gasteiger partial charge in [0.2, 0.25) is 0 Å². The number of ketones is 1. The molecule has 37 heavy (non-hydrogen) atoms. The maximum Gasteiger partial charge on any atom is 0.295 e. The minimum Gasteiger partial charge on any atom is -0.507 e. The van der Waals surface area contributed by atoms with Gasteiger partial charge >= 0.3 is 0 Å². The largest absolute Gasteiger partial charge is 0.507 e. The first-order valence-electron chi connectivity index (χ1n) is 12.9. The van der Waals surface area contributed by atoms with E-state index in [1.165, 1.54) is 0 Å². The Morgan fingerprint density at radius 3 is 2.32 bits per heavy atom. The number of carbonyl (C=O) groups is 2. The molecule has 2 aromatic carbocycles. The zero-order valence-corrected chi connectivity index (χ0v) is 22.3. The van der Waals surface area contributed by atoms with E-state index >= 15 is 0 Å². The number of carbonyl (C=O) groups excluding carboxylic acids is 2. The summed E-state index contributed by atoms with van der Waals surface area (Å²) < 4.78 is 11.3. The maximum absolute atomic E-state index is 13.3. The molecule has 1 atom stereocenters. The van der Waals surface area contributed by atoms with E-state index < -0.39 is 17.7 Å². The number of benzene rings is 2. The topological polar surface area (TPSA) is 79.3 Å². The summed E-state index contributed by atoms with van der Waals surface area (Å²) in [6, 6.07) is 11.9. The van der Waals surface area contributed by atoms with Crippen LogP contribution in [0.3, 0.4) is 0 Å². The molecule has 1 N–H and O–H groups in total. The summed E-state index contributed by atoms with van der Waals surface area (Å²) in [6.45, 7) is 15.3. The molecule has 1 saturated heterocycles. The number of aliphatic hydroxyl groups excluding tert-OH is 1. The van der Waals surface area contributed by atoms with Crippen LogP contribution in [0.4, 0.5) is 0 Å². The fraction of sp³-hybridized carbons (Fsp3) is 0.400. The Bertz CT molecular complexity index is 1140. The molecule has 1 aliphatic rings. The van der Waals surface area contributed by atoms with E-state index in [0.717, 1.165) is 30.6 Å². The molecule has 0 saturated carbocycles. The molecule has 0 bridgehead atoms. The quantitative estimate of drug-likeness (QED) is 0.176. The number of likely N-dealkylation sites (tertiary alicyclic amines) is 1. The molecule has 0 aromatic heterocycles. The van der Waals surface area contributed by atoms with Gasteiger partial charge in [-0.15, -0.1) is 0 Å². The molecular formula is C30H38N2O5. The van der Waals surface area contributed by atoms with Crippen molar-refractivity contribution < 1.29 is 24.2 Å². The van der Waals surface area contributed by atoms with Crippen molar-refractivity contribution in [2.75, 3.05) is 39.4 Å². The number of Topliss-reactive ketones (excluding diaryl/α,β-unsaturated/α-hetero) is 1. The first-order chi connectivity index (χ1) is 17.9. The van der Waals surface area contributed by atoms with Crippen molar-refractivity contribution in [2.24, 2.45) is 0 Å². The minimum absolute atomic E-state index is 0.0923. The van der Waals surface area contributed by atoms with Crippen molar-refractivity contribution in [3.63, 3.8) is 0 Å². The second kappa shape index (κ2) is 13.1. The lowest BCUT2D eigenvalue weighted by atomic mass is 9.94. The van der Waals surface area contributed by atoms with Gasteiger partial charge in [0.25, 0.3) is 11.7 Å². The molecule has 198 valence electrons. The summed E-state index contributed by atoms with van der Waals surface area (Å²) in [5.74, 6) is -0.115. The highest BCUT2D eigenvalue weighted by Gasteiger charge is 2.46. The van der Waals surface area contributed by atoms with Gasteiger partial charge in [0.15, 0.2) is 0 Å². The van der Waals surface area contributed by atoms with E-state index in [2.05, 4.69) is 25.3 Å². The average Bonchev–Trinajstić information content (AvgIpc) is 3.16. The minimum atomic E-state index is -0.709. The molecule has 0 aliphatic carbocycles. The van der Waals surface area contributed by atoms with Crippen LogP contribution in [-0.2, 0) is 9.59 Å². The van der Waals surface area contributed by atoms with Crippen LogP contribution in [0.1, 0.15) is 49.9 Å². The summed E-state index contributed by atoms with van der Waals surface area (Å²) in [5, 5.41) is 11.4. The number of likely N-dealkylation sites (N-methyl/N-ethyl adjacent to an activating group) is 1. The first-order valence-corrected chi connectivity index (χ1v) is 12.9. The van der Waals surface area contributed by atoms with Gasteiger partial charge in [-0.05, 0) is 67.9 Å². The van der Waals surface area contributed by atoms with E-state index in [9.17, 15) is 14.7 Å². The van der Waals surface area contributed by atoms with Gasteiger partial charge in [-0.3, -0.25) is 9.59 Å². The highest BCUT2D eigenvalue weighted by atomic mass is 16.5. The van der Waals surface area contributed by atoms with E-state index in [4.69, 9.17) is 9.47 Å². The zero-order valence-electron chi connectivity index (χ0n) is 22.3. The number of aliphatic hydroxyl groups is 1. The standard InChI is InChI=1S/C30H38N2O5/c1-6-18-36-23-12-10-22(11-13-23)27-26(29(34)30(35)32(27)17-16-31(8-3)9-4)28(33)25-15-14-24(20-21(25)5)37-19-7-2/h6,10-15,20,27,33H,1,7-9,16-19H2,2-5H3/b28-26+. The third-order valence-corrected chi connectivity index (χ3v) is 6.58. The lowest BCUT2D eigenvalue weighted by Gasteiger charge is -2.28. The highest BCUT2D eigenvalue weighted by molar-refractivity contribution is 6.46. The van der Waals surface area contributed by atoms with Crippen molar-refractivity contribution in [1.82, 2.24) is 9.80 Å². The molecule has 0 spiro atoms. The van der Waals surface area contributed by atoms with E-state index in [1.54, 1.807) is 35.2 Å². The average molecular weight is 507 g/mol. The van der Waals surface area contributed by atoms with Gasteiger partial charge in [0, 0.05) is 18.7 Å². The van der Waals surface area contributed by atoms with Crippen molar-refractivity contribution in [3.8, 4) is 11.5 Å². The monoisotopic (exact) mass is 506 g/mol. The number of hydrogen-bond donors (Lipinski definition) is 1. The van der Waals surface area contributed by atoms with E-state index in [0.29, 0.717) is 43.4 Å². The van der Waals surface area contributed by atoms with E-state index in [1.807, 2.05) is 32.0 Å². The Hall–Kier alpha value is -3.58. The fourth-order valence-electron chi connectivity index (χ4n) is 4.50. The summed E-state index contributed by atoms with van der Waals surface area (Å²) in [5.41, 5.74) is 2.08. The van der Waals surface area contributed by atoms with Crippen LogP contribution < -0.4 is 9.47 Å². The molecule has 1 heterocycles. The normalized spacial score (nSPS) is 16.9. The molecule has 7 nitrogen and oxygen atoms in total. The van der Waals surface area contributed by atoms with Gasteiger partial charge in [0.1, 0.15) is 23.9 Å². The number of aryl methyl sites for hydroxylation is 1. The number of amides is 1. The molecule has 1 fully saturated rings. The Morgan fingerprint density at radius 2 is 1.73 bits per heavy atom. The summed E-state index contributed by atoms with van der Waals surface area (Å²) >= 11 is 0. The number of nitrogens with zero attached hydrogens (tertiary/aromatic N) is 2. The van der Waals surface area contributed by atoms with Crippen molar-refractivity contribution in [3.05, 3.63) is 77.4 Å². The van der Waals surface area contributed by atoms with Gasteiger partial charge < -0.3 is 24.4 Å². The van der Waals surface area contributed by atoms with Crippen LogP contribution in [0.15, 0.2) is 60.7 Å². The Labute approximate surface area is 220 Å². The second-order valence-electron chi connectivity index (χ2n) is 9.01. The lowest BCUT2D eigenvalue weighted by molar-refractivity contribution is -0.140. The van der Waals surface area contributed by atoms with Crippen LogP contribution >= 0.6 is 0 Å². The number of hydrogen-bond acceptors (Lipinski definition) is 6. The van der Waals surface area contributed by atoms with Crippen molar-refractivity contribution in [2.45, 2.75) is 40.2 Å². The van der Waals surface area contributed by atoms with Gasteiger partial charge in [-0.1, -0.05) is 45.6 Å². The van der Waals surface area contributed by atoms with Crippen LogP contribution in [-0.4, -0.2) is 66.0 Å². The lowest BCUT2D eigenvalue weighted by Crippen LogP contribution is -2.38. The Morgan fingerprint density at radius 1 is 1.05 bits per heavy atom. The van der Waals surface area contributed by atoms with Crippen LogP contribution in [0.2, 0.25) is 0 Å². The Balaban J connectivity index is 2.06. The molecule has 3 rings (SSSR count). The van der Waals surface area contributed by atoms with Crippen molar-refractivity contribution in [1.29, 1.82) is 0 Å². The van der Waals surface area contributed by atoms with Crippen LogP contribution in [0, 0.1) is 6.92 Å². The smallest absolute Gasteiger partial charge is 0.295 e. The van der Waals surface area contributed by atoms with Crippen LogP contribution in [0.5, 0.6) is 11.5 Å². The number of rotatable bonds is 13. The highest BCUT2D eigenvalue weighted by Crippen LogP contribution is 2.40.